The summed E-state index contributed by atoms with van der Waals surface area (Å²) in [7, 11) is -1.23. The lowest BCUT2D eigenvalue weighted by Gasteiger charge is -2.24. The van der Waals surface area contributed by atoms with Crippen molar-refractivity contribution >= 4 is 10.2 Å². The summed E-state index contributed by atoms with van der Waals surface area (Å²) in [4.78, 5) is 0. The van der Waals surface area contributed by atoms with Gasteiger partial charge in [-0.3, -0.25) is 0 Å². The Bertz CT molecular complexity index is 256. The average Bonchev–Trinajstić information content (AvgIpc) is 2.02. The second-order valence-electron chi connectivity index (χ2n) is 2.83. The number of hydrogen-bond acceptors (Lipinski definition) is 3. The van der Waals surface area contributed by atoms with Crippen molar-refractivity contribution in [2.24, 2.45) is 5.73 Å². The molecule has 0 atom stereocenters. The number of nitrogens with zero attached hydrogens (tertiary/aromatic N) is 2. The van der Waals surface area contributed by atoms with Crippen LogP contribution in [0.15, 0.2) is 0 Å². The molecule has 0 bridgehead atoms. The van der Waals surface area contributed by atoms with Crippen molar-refractivity contribution in [2.45, 2.75) is 6.43 Å². The van der Waals surface area contributed by atoms with E-state index in [1.54, 1.807) is 0 Å². The quantitative estimate of drug-likeness (QED) is 0.658. The van der Waals surface area contributed by atoms with Gasteiger partial charge in [0.05, 0.1) is 6.54 Å². The molecule has 0 aliphatic heterocycles. The van der Waals surface area contributed by atoms with E-state index >= 15 is 0 Å². The van der Waals surface area contributed by atoms with Gasteiger partial charge in [-0.05, 0) is 0 Å². The molecule has 0 fully saturated rings. The molecule has 0 amide bonds. The second kappa shape index (κ2) is 5.54. The van der Waals surface area contributed by atoms with Gasteiger partial charge in [-0.15, -0.1) is 0 Å². The van der Waals surface area contributed by atoms with Gasteiger partial charge >= 0.3 is 0 Å². The van der Waals surface area contributed by atoms with Gasteiger partial charge in [-0.25, -0.2) is 8.78 Å². The molecule has 0 rings (SSSR count). The molecule has 0 unspecified atom stereocenters. The lowest BCUT2D eigenvalue weighted by molar-refractivity contribution is 0.118. The molecule has 2 N–H and O–H groups in total. The molecule has 0 aromatic heterocycles. The summed E-state index contributed by atoms with van der Waals surface area (Å²) in [6.45, 7) is -0.914. The first kappa shape index (κ1) is 13.7. The van der Waals surface area contributed by atoms with Crippen LogP contribution in [0, 0.1) is 0 Å². The summed E-state index contributed by atoms with van der Waals surface area (Å²) in [5, 5.41) is 0. The highest BCUT2D eigenvalue weighted by atomic mass is 32.2. The highest BCUT2D eigenvalue weighted by molar-refractivity contribution is 7.86. The molecule has 86 valence electrons. The third kappa shape index (κ3) is 3.82. The van der Waals surface area contributed by atoms with Crippen molar-refractivity contribution < 1.29 is 17.2 Å². The Morgan fingerprint density at radius 2 is 1.86 bits per heavy atom. The van der Waals surface area contributed by atoms with Crippen molar-refractivity contribution in [3.63, 3.8) is 0 Å². The molecule has 0 heterocycles. The molecule has 0 spiro atoms. The van der Waals surface area contributed by atoms with E-state index in [4.69, 9.17) is 5.73 Å². The van der Waals surface area contributed by atoms with Crippen LogP contribution < -0.4 is 5.73 Å². The Morgan fingerprint density at radius 1 is 1.36 bits per heavy atom. The van der Waals surface area contributed by atoms with Crippen molar-refractivity contribution in [3.8, 4) is 0 Å². The van der Waals surface area contributed by atoms with Crippen LogP contribution in [0.2, 0.25) is 0 Å². The summed E-state index contributed by atoms with van der Waals surface area (Å²) in [6.07, 6.45) is -2.70. The van der Waals surface area contributed by atoms with E-state index < -0.39 is 23.2 Å². The molecule has 0 aliphatic carbocycles. The summed E-state index contributed by atoms with van der Waals surface area (Å²) < 4.78 is 48.5. The van der Waals surface area contributed by atoms with Crippen LogP contribution in [-0.2, 0) is 10.2 Å². The van der Waals surface area contributed by atoms with Crippen LogP contribution in [0.1, 0.15) is 0 Å². The van der Waals surface area contributed by atoms with Gasteiger partial charge in [0.25, 0.3) is 16.6 Å². The van der Waals surface area contributed by atoms with E-state index in [0.717, 1.165) is 4.31 Å². The molecule has 14 heavy (non-hydrogen) atoms. The number of nitrogens with two attached hydrogens (primary N) is 1. The van der Waals surface area contributed by atoms with Crippen molar-refractivity contribution in [2.75, 3.05) is 33.7 Å². The minimum absolute atomic E-state index is 0.0137. The van der Waals surface area contributed by atoms with Gasteiger partial charge in [0.1, 0.15) is 0 Å². The maximum atomic E-state index is 12.0. The monoisotopic (exact) mass is 231 g/mol. The third-order valence-electron chi connectivity index (χ3n) is 1.51. The second-order valence-corrected chi connectivity index (χ2v) is 4.97. The Balaban J connectivity index is 4.64. The van der Waals surface area contributed by atoms with Crippen LogP contribution in [-0.4, -0.2) is 57.2 Å². The Kier molecular flexibility index (Phi) is 5.42. The molecule has 5 nitrogen and oxygen atoms in total. The van der Waals surface area contributed by atoms with Crippen LogP contribution in [0.5, 0.6) is 0 Å². The SMILES string of the molecule is CN(C)S(=O)(=O)N(CCN)CC(F)F. The first-order valence-electron chi connectivity index (χ1n) is 3.98. The third-order valence-corrected chi connectivity index (χ3v) is 3.41. The Labute approximate surface area is 82.7 Å². The Morgan fingerprint density at radius 3 is 2.14 bits per heavy atom. The van der Waals surface area contributed by atoms with E-state index in [9.17, 15) is 17.2 Å². The largest absolute Gasteiger partial charge is 0.329 e. The van der Waals surface area contributed by atoms with Gasteiger partial charge in [-0.1, -0.05) is 0 Å². The number of halogens is 2. The summed E-state index contributed by atoms with van der Waals surface area (Å²) in [5.74, 6) is 0. The summed E-state index contributed by atoms with van der Waals surface area (Å²) >= 11 is 0. The fourth-order valence-corrected chi connectivity index (χ4v) is 1.93. The predicted octanol–water partition coefficient (Wildman–Crippen LogP) is -0.681. The van der Waals surface area contributed by atoms with E-state index in [1.807, 2.05) is 0 Å². The molecular weight excluding hydrogens is 216 g/mol. The lowest BCUT2D eigenvalue weighted by atomic mass is 10.6. The molecule has 8 heteroatoms. The topological polar surface area (TPSA) is 66.6 Å². The minimum Gasteiger partial charge on any atom is -0.329 e. The average molecular weight is 231 g/mol. The lowest BCUT2D eigenvalue weighted by Crippen LogP contribution is -2.44. The molecule has 0 aliphatic rings. The van der Waals surface area contributed by atoms with E-state index in [0.29, 0.717) is 4.31 Å². The molecule has 0 saturated carbocycles. The summed E-state index contributed by atoms with van der Waals surface area (Å²) in [6, 6.07) is 0. The van der Waals surface area contributed by atoms with Crippen molar-refractivity contribution in [1.29, 1.82) is 0 Å². The number of hydrogen-bond donors (Lipinski definition) is 1. The maximum Gasteiger partial charge on any atom is 0.281 e. The van der Waals surface area contributed by atoms with Gasteiger partial charge in [-0.2, -0.15) is 17.0 Å². The van der Waals surface area contributed by atoms with Crippen LogP contribution in [0.3, 0.4) is 0 Å². The fraction of sp³-hybridized carbons (Fsp3) is 1.00. The molecule has 0 aromatic carbocycles. The number of rotatable bonds is 6. The number of alkyl halides is 2. The normalized spacial score (nSPS) is 13.1. The van der Waals surface area contributed by atoms with E-state index in [1.165, 1.54) is 14.1 Å². The smallest absolute Gasteiger partial charge is 0.281 e. The predicted molar refractivity (Wildman–Crippen MR) is 49.2 cm³/mol. The van der Waals surface area contributed by atoms with Gasteiger partial charge in [0.2, 0.25) is 0 Å². The van der Waals surface area contributed by atoms with Crippen molar-refractivity contribution in [3.05, 3.63) is 0 Å². The van der Waals surface area contributed by atoms with Gasteiger partial charge < -0.3 is 5.73 Å². The zero-order valence-corrected chi connectivity index (χ0v) is 8.97. The maximum absolute atomic E-state index is 12.0. The highest BCUT2D eigenvalue weighted by Gasteiger charge is 2.26. The first-order valence-corrected chi connectivity index (χ1v) is 5.38. The molecule has 0 radical (unpaired) electrons. The van der Waals surface area contributed by atoms with Crippen LogP contribution in [0.25, 0.3) is 0 Å². The van der Waals surface area contributed by atoms with Gasteiger partial charge in [0, 0.05) is 27.2 Å². The van der Waals surface area contributed by atoms with Crippen LogP contribution >= 0.6 is 0 Å². The van der Waals surface area contributed by atoms with E-state index in [2.05, 4.69) is 0 Å². The first-order chi connectivity index (χ1) is 6.32. The fourth-order valence-electron chi connectivity index (χ4n) is 0.830. The Hall–Kier alpha value is -0.310. The summed E-state index contributed by atoms with van der Waals surface area (Å²) in [5.41, 5.74) is 5.13. The molecule has 0 saturated heterocycles. The van der Waals surface area contributed by atoms with Crippen molar-refractivity contribution in [1.82, 2.24) is 8.61 Å². The highest BCUT2D eigenvalue weighted by Crippen LogP contribution is 2.06. The molecule has 0 aromatic rings. The van der Waals surface area contributed by atoms with Crippen LogP contribution in [0.4, 0.5) is 8.78 Å². The molecular formula is C6H15F2N3O2S. The zero-order valence-electron chi connectivity index (χ0n) is 8.15. The minimum atomic E-state index is -3.79. The standard InChI is InChI=1S/C6H15F2N3O2S/c1-10(2)14(12,13)11(4-3-9)5-6(7)8/h6H,3-5,9H2,1-2H3. The van der Waals surface area contributed by atoms with Gasteiger partial charge in [0.15, 0.2) is 0 Å². The zero-order chi connectivity index (χ0) is 11.4. The van der Waals surface area contributed by atoms with E-state index in [-0.39, 0.29) is 13.1 Å².